The summed E-state index contributed by atoms with van der Waals surface area (Å²) in [5.41, 5.74) is 1.60. The van der Waals surface area contributed by atoms with Gasteiger partial charge < -0.3 is 9.52 Å². The lowest BCUT2D eigenvalue weighted by Crippen LogP contribution is -1.92. The number of hydrogen-bond acceptors (Lipinski definition) is 4. The van der Waals surface area contributed by atoms with E-state index in [1.165, 1.54) is 29.5 Å². The van der Waals surface area contributed by atoms with Crippen LogP contribution >= 0.6 is 11.3 Å². The molecule has 0 fully saturated rings. The van der Waals surface area contributed by atoms with Crippen molar-refractivity contribution in [2.45, 2.75) is 6.42 Å². The second kappa shape index (κ2) is 5.49. The molecule has 1 aromatic carbocycles. The number of nitrogens with zero attached hydrogens (tertiary/aromatic N) is 1. The molecule has 3 rings (SSSR count). The van der Waals surface area contributed by atoms with Crippen LogP contribution in [0.5, 0.6) is 0 Å². The predicted octanol–water partition coefficient (Wildman–Crippen LogP) is 3.83. The van der Waals surface area contributed by atoms with E-state index >= 15 is 0 Å². The Kier molecular flexibility index (Phi) is 3.53. The molecule has 0 radical (unpaired) electrons. The second-order valence-electron chi connectivity index (χ2n) is 4.38. The van der Waals surface area contributed by atoms with Crippen molar-refractivity contribution in [2.24, 2.45) is 0 Å². The number of aromatic carboxylic acids is 1. The Morgan fingerprint density at radius 1 is 1.24 bits per heavy atom. The Balaban J connectivity index is 1.78. The molecule has 0 aliphatic carbocycles. The molecule has 0 aliphatic rings. The molecule has 0 aliphatic heterocycles. The monoisotopic (exact) mass is 303 g/mol. The van der Waals surface area contributed by atoms with E-state index in [1.54, 1.807) is 18.2 Å². The summed E-state index contributed by atoms with van der Waals surface area (Å²) in [6.07, 6.45) is 0.430. The number of halogens is 1. The maximum absolute atomic E-state index is 12.9. The lowest BCUT2D eigenvalue weighted by molar-refractivity contribution is 0.0660. The number of thiazole rings is 1. The van der Waals surface area contributed by atoms with Gasteiger partial charge in [-0.25, -0.2) is 14.2 Å². The molecule has 0 saturated carbocycles. The highest BCUT2D eigenvalue weighted by molar-refractivity contribution is 7.10. The fourth-order valence-electron chi connectivity index (χ4n) is 1.88. The van der Waals surface area contributed by atoms with Crippen LogP contribution in [0.2, 0.25) is 0 Å². The van der Waals surface area contributed by atoms with Crippen molar-refractivity contribution in [1.29, 1.82) is 0 Å². The first-order valence-electron chi connectivity index (χ1n) is 6.14. The van der Waals surface area contributed by atoms with Crippen molar-refractivity contribution in [3.05, 3.63) is 64.1 Å². The second-order valence-corrected chi connectivity index (χ2v) is 5.32. The smallest absolute Gasteiger partial charge is 0.371 e. The first kappa shape index (κ1) is 13.5. The highest BCUT2D eigenvalue weighted by Crippen LogP contribution is 2.24. The van der Waals surface area contributed by atoms with Crippen LogP contribution in [0.15, 0.2) is 46.2 Å². The Hall–Kier alpha value is -2.47. The minimum atomic E-state index is -1.09. The summed E-state index contributed by atoms with van der Waals surface area (Å²) >= 11 is 1.45. The average molecular weight is 303 g/mol. The van der Waals surface area contributed by atoms with Crippen molar-refractivity contribution in [1.82, 2.24) is 4.98 Å². The first-order valence-corrected chi connectivity index (χ1v) is 7.02. The highest BCUT2D eigenvalue weighted by atomic mass is 32.1. The van der Waals surface area contributed by atoms with Gasteiger partial charge >= 0.3 is 5.97 Å². The first-order chi connectivity index (χ1) is 10.1. The maximum Gasteiger partial charge on any atom is 0.371 e. The molecule has 3 aromatic rings. The van der Waals surface area contributed by atoms with E-state index < -0.39 is 5.97 Å². The molecule has 0 unspecified atom stereocenters. The normalized spacial score (nSPS) is 10.7. The number of carbonyl (C=O) groups is 1. The van der Waals surface area contributed by atoms with Gasteiger partial charge in [0.25, 0.3) is 0 Å². The van der Waals surface area contributed by atoms with Gasteiger partial charge in [-0.1, -0.05) is 0 Å². The number of carboxylic acids is 1. The molecule has 21 heavy (non-hydrogen) atoms. The van der Waals surface area contributed by atoms with E-state index in [9.17, 15) is 9.18 Å². The van der Waals surface area contributed by atoms with E-state index in [2.05, 4.69) is 4.98 Å². The molecule has 106 valence electrons. The maximum atomic E-state index is 12.9. The summed E-state index contributed by atoms with van der Waals surface area (Å²) in [5.74, 6) is -0.911. The Bertz CT molecular complexity index is 776. The molecule has 0 bridgehead atoms. The number of carboxylic acid groups (broad SMARTS) is 1. The summed E-state index contributed by atoms with van der Waals surface area (Å²) in [7, 11) is 0. The quantitative estimate of drug-likeness (QED) is 0.795. The number of hydrogen-bond donors (Lipinski definition) is 1. The summed E-state index contributed by atoms with van der Waals surface area (Å²) in [5, 5.41) is 11.5. The molecular formula is C15H10FNO3S. The molecule has 1 N–H and O–H groups in total. The van der Waals surface area contributed by atoms with Crippen molar-refractivity contribution >= 4 is 17.3 Å². The van der Waals surface area contributed by atoms with Crippen molar-refractivity contribution < 1.29 is 18.7 Å². The lowest BCUT2D eigenvalue weighted by Gasteiger charge is -1.96. The molecule has 0 saturated heterocycles. The van der Waals surface area contributed by atoms with E-state index in [4.69, 9.17) is 9.52 Å². The number of benzene rings is 1. The minimum Gasteiger partial charge on any atom is -0.475 e. The molecule has 0 spiro atoms. The Morgan fingerprint density at radius 3 is 2.67 bits per heavy atom. The standard InChI is InChI=1S/C15H10FNO3S/c16-10-3-1-9(2-4-10)12-8-21-14(17-12)7-11-5-6-13(20-11)15(18)19/h1-6,8H,7H2,(H,18,19). The fourth-order valence-corrected chi connectivity index (χ4v) is 2.70. The minimum absolute atomic E-state index is 0.0830. The third kappa shape index (κ3) is 3.00. The number of furan rings is 1. The van der Waals surface area contributed by atoms with Gasteiger partial charge in [0.2, 0.25) is 5.76 Å². The third-order valence-corrected chi connectivity index (χ3v) is 3.74. The van der Waals surface area contributed by atoms with Crippen LogP contribution in [0.3, 0.4) is 0 Å². The van der Waals surface area contributed by atoms with Crippen LogP contribution in [-0.4, -0.2) is 16.1 Å². The van der Waals surface area contributed by atoms with Gasteiger partial charge in [-0.15, -0.1) is 11.3 Å². The Morgan fingerprint density at radius 2 is 2.00 bits per heavy atom. The van der Waals surface area contributed by atoms with Crippen LogP contribution < -0.4 is 0 Å². The molecule has 2 heterocycles. The van der Waals surface area contributed by atoms with Gasteiger partial charge in [0.05, 0.1) is 12.1 Å². The van der Waals surface area contributed by atoms with Crippen LogP contribution in [0.1, 0.15) is 21.3 Å². The zero-order valence-corrected chi connectivity index (χ0v) is 11.6. The summed E-state index contributed by atoms with van der Waals surface area (Å²) < 4.78 is 18.1. The van der Waals surface area contributed by atoms with Crippen LogP contribution in [-0.2, 0) is 6.42 Å². The SMILES string of the molecule is O=C(O)c1ccc(Cc2nc(-c3ccc(F)cc3)cs2)o1. The van der Waals surface area contributed by atoms with Crippen LogP contribution in [0.4, 0.5) is 4.39 Å². The molecule has 6 heteroatoms. The van der Waals surface area contributed by atoms with Gasteiger partial charge in [0.15, 0.2) is 0 Å². The van der Waals surface area contributed by atoms with E-state index in [1.807, 2.05) is 5.38 Å². The van der Waals surface area contributed by atoms with Crippen molar-refractivity contribution in [3.8, 4) is 11.3 Å². The zero-order chi connectivity index (χ0) is 14.8. The van der Waals surface area contributed by atoms with Gasteiger partial charge in [-0.05, 0) is 36.4 Å². The highest BCUT2D eigenvalue weighted by Gasteiger charge is 2.11. The number of aromatic nitrogens is 1. The number of rotatable bonds is 4. The Labute approximate surface area is 123 Å². The van der Waals surface area contributed by atoms with Crippen molar-refractivity contribution in [2.75, 3.05) is 0 Å². The molecule has 0 atom stereocenters. The molecule has 2 aromatic heterocycles. The van der Waals surface area contributed by atoms with E-state index in [-0.39, 0.29) is 11.6 Å². The van der Waals surface area contributed by atoms with Gasteiger partial charge in [0.1, 0.15) is 16.6 Å². The van der Waals surface area contributed by atoms with Gasteiger partial charge in [-0.3, -0.25) is 0 Å². The molecule has 4 nitrogen and oxygen atoms in total. The van der Waals surface area contributed by atoms with Crippen LogP contribution in [0, 0.1) is 5.82 Å². The zero-order valence-electron chi connectivity index (χ0n) is 10.7. The molecule has 0 amide bonds. The van der Waals surface area contributed by atoms with E-state index in [0.717, 1.165) is 16.3 Å². The fraction of sp³-hybridized carbons (Fsp3) is 0.0667. The summed E-state index contributed by atoms with van der Waals surface area (Å²) in [4.78, 5) is 15.2. The largest absolute Gasteiger partial charge is 0.475 e. The van der Waals surface area contributed by atoms with E-state index in [0.29, 0.717) is 12.2 Å². The van der Waals surface area contributed by atoms with Gasteiger partial charge in [0, 0.05) is 10.9 Å². The summed E-state index contributed by atoms with van der Waals surface area (Å²) in [6, 6.07) is 9.17. The molecular weight excluding hydrogens is 293 g/mol. The van der Waals surface area contributed by atoms with Crippen LogP contribution in [0.25, 0.3) is 11.3 Å². The summed E-state index contributed by atoms with van der Waals surface area (Å²) in [6.45, 7) is 0. The van der Waals surface area contributed by atoms with Gasteiger partial charge in [-0.2, -0.15) is 0 Å². The topological polar surface area (TPSA) is 63.3 Å². The lowest BCUT2D eigenvalue weighted by atomic mass is 10.2. The predicted molar refractivity (Wildman–Crippen MR) is 76.0 cm³/mol. The van der Waals surface area contributed by atoms with Crippen molar-refractivity contribution in [3.63, 3.8) is 0 Å². The average Bonchev–Trinajstić information content (AvgIpc) is 3.10. The third-order valence-electron chi connectivity index (χ3n) is 2.89.